The van der Waals surface area contributed by atoms with Crippen molar-refractivity contribution in [1.82, 2.24) is 9.80 Å². The normalized spacial score (nSPS) is 25.9. The smallest absolute Gasteiger partial charge is 0.224 e. The lowest BCUT2D eigenvalue weighted by atomic mass is 9.93. The zero-order valence-corrected chi connectivity index (χ0v) is 11.6. The zero-order chi connectivity index (χ0) is 12.8. The molecule has 0 aromatic carbocycles. The molecule has 0 radical (unpaired) electrons. The van der Waals surface area contributed by atoms with Gasteiger partial charge >= 0.3 is 0 Å². The number of rotatable bonds is 5. The van der Waals surface area contributed by atoms with Gasteiger partial charge in [0.25, 0.3) is 0 Å². The molecule has 1 heterocycles. The third kappa shape index (κ3) is 4.28. The molecule has 1 saturated heterocycles. The maximum atomic E-state index is 12.0. The Morgan fingerprint density at radius 3 is 2.82 bits per heavy atom. The molecule has 1 aliphatic heterocycles. The maximum Gasteiger partial charge on any atom is 0.224 e. The SMILES string of the molecule is CCOCCC(=O)N(C)[C@H]1CCN(C)C[C@@H]1C. The number of hydrogen-bond donors (Lipinski definition) is 0. The van der Waals surface area contributed by atoms with Gasteiger partial charge in [-0.1, -0.05) is 6.92 Å². The molecular formula is C13H26N2O2. The highest BCUT2D eigenvalue weighted by Crippen LogP contribution is 2.20. The van der Waals surface area contributed by atoms with E-state index < -0.39 is 0 Å². The van der Waals surface area contributed by atoms with E-state index in [1.807, 2.05) is 18.9 Å². The minimum atomic E-state index is 0.208. The predicted molar refractivity (Wildman–Crippen MR) is 68.9 cm³/mol. The molecule has 0 bridgehead atoms. The van der Waals surface area contributed by atoms with Crippen molar-refractivity contribution in [2.45, 2.75) is 32.7 Å². The van der Waals surface area contributed by atoms with Crippen molar-refractivity contribution < 1.29 is 9.53 Å². The molecule has 1 amide bonds. The summed E-state index contributed by atoms with van der Waals surface area (Å²) in [5.74, 6) is 0.759. The van der Waals surface area contributed by atoms with Crippen LogP contribution in [-0.4, -0.2) is 62.1 Å². The largest absolute Gasteiger partial charge is 0.381 e. The third-order valence-corrected chi connectivity index (χ3v) is 3.62. The Labute approximate surface area is 105 Å². The Morgan fingerprint density at radius 1 is 1.53 bits per heavy atom. The van der Waals surface area contributed by atoms with Crippen LogP contribution in [0.3, 0.4) is 0 Å². The molecule has 0 spiro atoms. The summed E-state index contributed by atoms with van der Waals surface area (Å²) >= 11 is 0. The van der Waals surface area contributed by atoms with Crippen molar-refractivity contribution in [2.24, 2.45) is 5.92 Å². The first-order valence-corrected chi connectivity index (χ1v) is 6.58. The lowest BCUT2D eigenvalue weighted by molar-refractivity contribution is -0.135. The second-order valence-electron chi connectivity index (χ2n) is 5.05. The second kappa shape index (κ2) is 6.97. The number of amides is 1. The van der Waals surface area contributed by atoms with Crippen molar-refractivity contribution in [3.8, 4) is 0 Å². The first-order valence-electron chi connectivity index (χ1n) is 6.58. The van der Waals surface area contributed by atoms with Crippen LogP contribution in [0.15, 0.2) is 0 Å². The van der Waals surface area contributed by atoms with Gasteiger partial charge in [-0.25, -0.2) is 0 Å². The van der Waals surface area contributed by atoms with Crippen LogP contribution in [0.4, 0.5) is 0 Å². The van der Waals surface area contributed by atoms with Crippen LogP contribution in [0.1, 0.15) is 26.7 Å². The first-order chi connectivity index (χ1) is 8.06. The highest BCUT2D eigenvalue weighted by atomic mass is 16.5. The molecule has 4 heteroatoms. The van der Waals surface area contributed by atoms with E-state index in [4.69, 9.17) is 4.74 Å². The Bertz CT molecular complexity index is 246. The van der Waals surface area contributed by atoms with Crippen molar-refractivity contribution in [3.05, 3.63) is 0 Å². The summed E-state index contributed by atoms with van der Waals surface area (Å²) in [4.78, 5) is 16.2. The number of carbonyl (C=O) groups is 1. The van der Waals surface area contributed by atoms with E-state index in [0.29, 0.717) is 31.6 Å². The minimum Gasteiger partial charge on any atom is -0.381 e. The van der Waals surface area contributed by atoms with Crippen molar-refractivity contribution in [3.63, 3.8) is 0 Å². The van der Waals surface area contributed by atoms with E-state index in [-0.39, 0.29) is 5.91 Å². The standard InChI is InChI=1S/C13H26N2O2/c1-5-17-9-7-13(16)15(4)12-6-8-14(3)10-11(12)2/h11-12H,5-10H2,1-4H3/t11-,12-/m0/s1. The van der Waals surface area contributed by atoms with Crippen LogP contribution in [0.25, 0.3) is 0 Å². The van der Waals surface area contributed by atoms with E-state index in [9.17, 15) is 4.79 Å². The Hall–Kier alpha value is -0.610. The fraction of sp³-hybridized carbons (Fsp3) is 0.923. The minimum absolute atomic E-state index is 0.208. The number of likely N-dealkylation sites (tertiary alicyclic amines) is 1. The van der Waals surface area contributed by atoms with Gasteiger partial charge in [-0.05, 0) is 32.9 Å². The van der Waals surface area contributed by atoms with Crippen molar-refractivity contribution >= 4 is 5.91 Å². The quantitative estimate of drug-likeness (QED) is 0.679. The average Bonchev–Trinajstić information content (AvgIpc) is 2.28. The number of hydrogen-bond acceptors (Lipinski definition) is 3. The fourth-order valence-corrected chi connectivity index (χ4v) is 2.58. The van der Waals surface area contributed by atoms with Crippen LogP contribution < -0.4 is 0 Å². The van der Waals surface area contributed by atoms with E-state index in [0.717, 1.165) is 19.5 Å². The molecule has 0 N–H and O–H groups in total. The molecule has 1 rings (SSSR count). The number of carbonyl (C=O) groups excluding carboxylic acids is 1. The summed E-state index contributed by atoms with van der Waals surface area (Å²) in [5.41, 5.74) is 0. The number of nitrogens with zero attached hydrogens (tertiary/aromatic N) is 2. The molecule has 2 atom stereocenters. The van der Waals surface area contributed by atoms with Gasteiger partial charge in [-0.3, -0.25) is 4.79 Å². The topological polar surface area (TPSA) is 32.8 Å². The molecule has 4 nitrogen and oxygen atoms in total. The summed E-state index contributed by atoms with van der Waals surface area (Å²) in [5, 5.41) is 0. The molecule has 17 heavy (non-hydrogen) atoms. The summed E-state index contributed by atoms with van der Waals surface area (Å²) in [6.45, 7) is 7.56. The zero-order valence-electron chi connectivity index (χ0n) is 11.6. The van der Waals surface area contributed by atoms with E-state index >= 15 is 0 Å². The number of piperidine rings is 1. The molecule has 1 fully saturated rings. The molecule has 0 aromatic heterocycles. The van der Waals surface area contributed by atoms with Crippen LogP contribution in [0.2, 0.25) is 0 Å². The molecule has 0 unspecified atom stereocenters. The Morgan fingerprint density at radius 2 is 2.24 bits per heavy atom. The van der Waals surface area contributed by atoms with E-state index in [2.05, 4.69) is 18.9 Å². The van der Waals surface area contributed by atoms with Gasteiger partial charge in [0.05, 0.1) is 13.0 Å². The molecule has 0 saturated carbocycles. The number of ether oxygens (including phenoxy) is 1. The molecule has 1 aliphatic rings. The van der Waals surface area contributed by atoms with E-state index in [1.165, 1.54) is 0 Å². The fourth-order valence-electron chi connectivity index (χ4n) is 2.58. The van der Waals surface area contributed by atoms with Gasteiger partial charge < -0.3 is 14.5 Å². The maximum absolute atomic E-state index is 12.0. The highest BCUT2D eigenvalue weighted by Gasteiger charge is 2.29. The molecular weight excluding hydrogens is 216 g/mol. The average molecular weight is 242 g/mol. The first kappa shape index (κ1) is 14.5. The monoisotopic (exact) mass is 242 g/mol. The summed E-state index contributed by atoms with van der Waals surface area (Å²) < 4.78 is 5.23. The van der Waals surface area contributed by atoms with Crippen LogP contribution in [0.5, 0.6) is 0 Å². The second-order valence-corrected chi connectivity index (χ2v) is 5.05. The van der Waals surface area contributed by atoms with Crippen LogP contribution >= 0.6 is 0 Å². The van der Waals surface area contributed by atoms with Crippen LogP contribution in [-0.2, 0) is 9.53 Å². The summed E-state index contributed by atoms with van der Waals surface area (Å²) in [6, 6.07) is 0.389. The molecule has 0 aromatic rings. The van der Waals surface area contributed by atoms with Gasteiger partial charge in [0, 0.05) is 26.2 Å². The van der Waals surface area contributed by atoms with Gasteiger partial charge in [0.1, 0.15) is 0 Å². The highest BCUT2D eigenvalue weighted by molar-refractivity contribution is 5.76. The summed E-state index contributed by atoms with van der Waals surface area (Å²) in [6.07, 6.45) is 1.58. The van der Waals surface area contributed by atoms with Gasteiger partial charge in [0.2, 0.25) is 5.91 Å². The summed E-state index contributed by atoms with van der Waals surface area (Å²) in [7, 11) is 4.07. The van der Waals surface area contributed by atoms with Crippen molar-refractivity contribution in [1.29, 1.82) is 0 Å². The molecule has 0 aliphatic carbocycles. The Balaban J connectivity index is 2.40. The van der Waals surface area contributed by atoms with Gasteiger partial charge in [-0.15, -0.1) is 0 Å². The van der Waals surface area contributed by atoms with Crippen LogP contribution in [0, 0.1) is 5.92 Å². The molecule has 100 valence electrons. The predicted octanol–water partition coefficient (Wildman–Crippen LogP) is 1.21. The van der Waals surface area contributed by atoms with E-state index in [1.54, 1.807) is 0 Å². The Kier molecular flexibility index (Phi) is 5.92. The van der Waals surface area contributed by atoms with Gasteiger partial charge in [0.15, 0.2) is 0 Å². The van der Waals surface area contributed by atoms with Gasteiger partial charge in [-0.2, -0.15) is 0 Å². The lowest BCUT2D eigenvalue weighted by Gasteiger charge is -2.40. The lowest BCUT2D eigenvalue weighted by Crippen LogP contribution is -2.49. The third-order valence-electron chi connectivity index (χ3n) is 3.62. The van der Waals surface area contributed by atoms with Crippen molar-refractivity contribution in [2.75, 3.05) is 40.4 Å².